The highest BCUT2D eigenvalue weighted by atomic mass is 35.5. The van der Waals surface area contributed by atoms with Gasteiger partial charge >= 0.3 is 0 Å². The molecule has 0 radical (unpaired) electrons. The zero-order chi connectivity index (χ0) is 12.5. The topological polar surface area (TPSA) is 59.2 Å². The monoisotopic (exact) mass is 269 g/mol. The lowest BCUT2D eigenvalue weighted by atomic mass is 9.84. The van der Waals surface area contributed by atoms with Gasteiger partial charge in [0.05, 0.1) is 11.9 Å². The molecule has 18 heavy (non-hydrogen) atoms. The summed E-state index contributed by atoms with van der Waals surface area (Å²) < 4.78 is 0. The van der Waals surface area contributed by atoms with Crippen molar-refractivity contribution < 1.29 is 4.79 Å². The van der Waals surface area contributed by atoms with Gasteiger partial charge in [-0.15, -0.1) is 12.4 Å². The fraction of sp³-hybridized carbons (Fsp3) is 0.538. The number of nitrogens with two attached hydrogens (primary N) is 1. The van der Waals surface area contributed by atoms with Gasteiger partial charge in [0.2, 0.25) is 0 Å². The van der Waals surface area contributed by atoms with Crippen molar-refractivity contribution >= 4 is 24.0 Å². The Hall–Kier alpha value is -1.29. The number of pyridine rings is 1. The number of carbonyl (C=O) groups excluding carboxylic acids is 1. The highest BCUT2D eigenvalue weighted by Gasteiger charge is 2.29. The summed E-state index contributed by atoms with van der Waals surface area (Å²) in [6.07, 6.45) is 3.77. The summed E-state index contributed by atoms with van der Waals surface area (Å²) in [7, 11) is 0. The maximum Gasteiger partial charge on any atom is 0.272 e. The summed E-state index contributed by atoms with van der Waals surface area (Å²) in [5.41, 5.74) is 6.84. The summed E-state index contributed by atoms with van der Waals surface area (Å²) >= 11 is 0. The Morgan fingerprint density at radius 2 is 2.17 bits per heavy atom. The molecule has 2 heterocycles. The average Bonchev–Trinajstić information content (AvgIpc) is 2.28. The van der Waals surface area contributed by atoms with Crippen molar-refractivity contribution in [3.05, 3.63) is 24.0 Å². The average molecular weight is 270 g/mol. The van der Waals surface area contributed by atoms with Crippen LogP contribution in [0.25, 0.3) is 0 Å². The number of carbonyl (C=O) groups is 1. The molecule has 1 saturated heterocycles. The Labute approximate surface area is 114 Å². The molecule has 1 aliphatic heterocycles. The lowest BCUT2D eigenvalue weighted by Gasteiger charge is -2.37. The van der Waals surface area contributed by atoms with Crippen LogP contribution in [-0.4, -0.2) is 28.9 Å². The van der Waals surface area contributed by atoms with E-state index in [-0.39, 0.29) is 23.7 Å². The van der Waals surface area contributed by atoms with E-state index in [9.17, 15) is 4.79 Å². The van der Waals surface area contributed by atoms with E-state index < -0.39 is 0 Å². The zero-order valence-electron chi connectivity index (χ0n) is 10.8. The number of hydrogen-bond acceptors (Lipinski definition) is 3. The molecule has 0 spiro atoms. The first-order chi connectivity index (χ1) is 7.98. The lowest BCUT2D eigenvalue weighted by Crippen LogP contribution is -2.43. The third-order valence-electron chi connectivity index (χ3n) is 3.19. The van der Waals surface area contributed by atoms with Gasteiger partial charge in [0.15, 0.2) is 0 Å². The van der Waals surface area contributed by atoms with Gasteiger partial charge in [-0.1, -0.05) is 13.8 Å². The minimum Gasteiger partial charge on any atom is -0.397 e. The number of nitrogens with zero attached hydrogens (tertiary/aromatic N) is 2. The fourth-order valence-electron chi connectivity index (χ4n) is 2.29. The molecule has 1 aromatic heterocycles. The first kappa shape index (κ1) is 14.8. The van der Waals surface area contributed by atoms with Crippen LogP contribution in [0.4, 0.5) is 5.69 Å². The molecule has 4 nitrogen and oxygen atoms in total. The van der Waals surface area contributed by atoms with Gasteiger partial charge in [0.1, 0.15) is 5.69 Å². The molecule has 0 atom stereocenters. The van der Waals surface area contributed by atoms with Crippen LogP contribution in [0.2, 0.25) is 0 Å². The Morgan fingerprint density at radius 1 is 1.44 bits per heavy atom. The van der Waals surface area contributed by atoms with Crippen molar-refractivity contribution in [3.63, 3.8) is 0 Å². The smallest absolute Gasteiger partial charge is 0.272 e. The van der Waals surface area contributed by atoms with E-state index in [2.05, 4.69) is 18.8 Å². The van der Waals surface area contributed by atoms with E-state index in [1.54, 1.807) is 12.1 Å². The molecule has 1 aromatic rings. The number of nitrogen functional groups attached to an aromatic ring is 1. The predicted molar refractivity (Wildman–Crippen MR) is 74.8 cm³/mol. The molecule has 5 heteroatoms. The highest BCUT2D eigenvalue weighted by molar-refractivity contribution is 5.92. The van der Waals surface area contributed by atoms with Crippen LogP contribution in [0.1, 0.15) is 37.2 Å². The molecule has 1 fully saturated rings. The first-order valence-electron chi connectivity index (χ1n) is 5.99. The quantitative estimate of drug-likeness (QED) is 0.851. The molecule has 1 amide bonds. The van der Waals surface area contributed by atoms with Crippen molar-refractivity contribution in [1.29, 1.82) is 0 Å². The third-order valence-corrected chi connectivity index (χ3v) is 3.19. The van der Waals surface area contributed by atoms with E-state index in [1.807, 2.05) is 4.90 Å². The first-order valence-corrected chi connectivity index (χ1v) is 5.99. The van der Waals surface area contributed by atoms with E-state index in [0.29, 0.717) is 11.4 Å². The van der Waals surface area contributed by atoms with E-state index >= 15 is 0 Å². The van der Waals surface area contributed by atoms with E-state index in [0.717, 1.165) is 19.5 Å². The molecule has 0 aromatic carbocycles. The van der Waals surface area contributed by atoms with Gasteiger partial charge in [0.25, 0.3) is 5.91 Å². The van der Waals surface area contributed by atoms with Crippen LogP contribution in [0, 0.1) is 5.41 Å². The van der Waals surface area contributed by atoms with Crippen molar-refractivity contribution in [2.45, 2.75) is 26.7 Å². The summed E-state index contributed by atoms with van der Waals surface area (Å²) in [4.78, 5) is 18.2. The van der Waals surface area contributed by atoms with Crippen LogP contribution in [-0.2, 0) is 0 Å². The number of anilines is 1. The fourth-order valence-corrected chi connectivity index (χ4v) is 2.29. The van der Waals surface area contributed by atoms with Gasteiger partial charge in [-0.3, -0.25) is 4.79 Å². The Morgan fingerprint density at radius 3 is 2.72 bits per heavy atom. The molecule has 0 unspecified atom stereocenters. The van der Waals surface area contributed by atoms with Crippen molar-refractivity contribution in [2.24, 2.45) is 5.41 Å². The molecular formula is C13H20ClN3O. The second-order valence-electron chi connectivity index (χ2n) is 5.47. The predicted octanol–water partition coefficient (Wildman–Crippen LogP) is 2.35. The Bertz CT molecular complexity index is 417. The van der Waals surface area contributed by atoms with Gasteiger partial charge in [-0.2, -0.15) is 0 Å². The van der Waals surface area contributed by atoms with Crippen molar-refractivity contribution in [2.75, 3.05) is 18.8 Å². The third kappa shape index (κ3) is 3.35. The van der Waals surface area contributed by atoms with Crippen molar-refractivity contribution in [1.82, 2.24) is 9.88 Å². The lowest BCUT2D eigenvalue weighted by molar-refractivity contribution is 0.0577. The maximum absolute atomic E-state index is 12.2. The SMILES string of the molecule is CC1(C)CCCN(C(=O)c2ccc(N)cn2)C1.Cl. The standard InChI is InChI=1S/C13H19N3O.ClH/c1-13(2)6-3-7-16(9-13)12(17)11-5-4-10(14)8-15-11;/h4-5,8H,3,6-7,9,14H2,1-2H3;1H. The number of aromatic nitrogens is 1. The largest absolute Gasteiger partial charge is 0.397 e. The molecule has 0 aliphatic carbocycles. The van der Waals surface area contributed by atoms with Crippen LogP contribution in [0.15, 0.2) is 18.3 Å². The van der Waals surface area contributed by atoms with Crippen molar-refractivity contribution in [3.8, 4) is 0 Å². The molecule has 2 N–H and O–H groups in total. The second kappa shape index (κ2) is 5.57. The second-order valence-corrected chi connectivity index (χ2v) is 5.47. The number of rotatable bonds is 1. The summed E-state index contributed by atoms with van der Waals surface area (Å²) in [6, 6.07) is 3.41. The van der Waals surface area contributed by atoms with Crippen LogP contribution >= 0.6 is 12.4 Å². The Kier molecular flexibility index (Phi) is 4.57. The summed E-state index contributed by atoms with van der Waals surface area (Å²) in [5.74, 6) is 0.0118. The van der Waals surface area contributed by atoms with Crippen LogP contribution in [0.3, 0.4) is 0 Å². The number of hydrogen-bond donors (Lipinski definition) is 1. The van der Waals surface area contributed by atoms with Gasteiger partial charge in [-0.05, 0) is 30.4 Å². The maximum atomic E-state index is 12.2. The summed E-state index contributed by atoms with van der Waals surface area (Å²) in [6.45, 7) is 6.03. The number of halogens is 1. The van der Waals surface area contributed by atoms with Gasteiger partial charge in [0, 0.05) is 13.1 Å². The zero-order valence-corrected chi connectivity index (χ0v) is 11.7. The molecule has 2 rings (SSSR count). The minimum atomic E-state index is 0. The van der Waals surface area contributed by atoms with E-state index in [4.69, 9.17) is 5.73 Å². The number of amides is 1. The number of likely N-dealkylation sites (tertiary alicyclic amines) is 1. The molecular weight excluding hydrogens is 250 g/mol. The van der Waals surface area contributed by atoms with Gasteiger partial charge < -0.3 is 10.6 Å². The summed E-state index contributed by atoms with van der Waals surface area (Å²) in [5, 5.41) is 0. The normalized spacial score (nSPS) is 18.0. The molecule has 0 saturated carbocycles. The minimum absolute atomic E-state index is 0. The van der Waals surface area contributed by atoms with Crippen LogP contribution < -0.4 is 5.73 Å². The van der Waals surface area contributed by atoms with Crippen LogP contribution in [0.5, 0.6) is 0 Å². The molecule has 0 bridgehead atoms. The highest BCUT2D eigenvalue weighted by Crippen LogP contribution is 2.28. The van der Waals surface area contributed by atoms with Gasteiger partial charge in [-0.25, -0.2) is 4.98 Å². The Balaban J connectivity index is 0.00000162. The molecule has 100 valence electrons. The molecule has 1 aliphatic rings. The van der Waals surface area contributed by atoms with E-state index in [1.165, 1.54) is 12.6 Å². The number of piperidine rings is 1.